The normalized spacial score (nSPS) is 20.7. The quantitative estimate of drug-likeness (QED) is 0.924. The van der Waals surface area contributed by atoms with E-state index in [0.29, 0.717) is 11.7 Å². The molecule has 1 saturated heterocycles. The van der Waals surface area contributed by atoms with Gasteiger partial charge in [0.15, 0.2) is 5.17 Å². The van der Waals surface area contributed by atoms with Gasteiger partial charge in [0.2, 0.25) is 5.91 Å². The van der Waals surface area contributed by atoms with Gasteiger partial charge in [-0.2, -0.15) is 0 Å². The minimum Gasteiger partial charge on any atom is -0.481 e. The van der Waals surface area contributed by atoms with E-state index in [-0.39, 0.29) is 12.1 Å². The Hall–Kier alpha value is -1.89. The van der Waals surface area contributed by atoms with E-state index >= 15 is 0 Å². The number of aliphatic imine (C=N–C) groups is 1. The molecule has 1 unspecified atom stereocenters. The van der Waals surface area contributed by atoms with Gasteiger partial charge in [-0.3, -0.25) is 19.5 Å². The molecule has 2 rings (SSSR count). The molecule has 7 heteroatoms. The maximum atomic E-state index is 13.8. The predicted molar refractivity (Wildman–Crippen MR) is 75.5 cm³/mol. The molecule has 1 aliphatic rings. The third-order valence-corrected chi connectivity index (χ3v) is 3.86. The van der Waals surface area contributed by atoms with Crippen molar-refractivity contribution in [3.8, 4) is 0 Å². The van der Waals surface area contributed by atoms with Crippen LogP contribution in [0.2, 0.25) is 0 Å². The number of hydrogen-bond donors (Lipinski definition) is 1. The van der Waals surface area contributed by atoms with Crippen molar-refractivity contribution >= 4 is 34.5 Å². The lowest BCUT2D eigenvalue weighted by Crippen LogP contribution is -2.33. The summed E-state index contributed by atoms with van der Waals surface area (Å²) in [5, 5.41) is 8.40. The van der Waals surface area contributed by atoms with Gasteiger partial charge in [0, 0.05) is 6.54 Å². The molecule has 0 bridgehead atoms. The highest BCUT2D eigenvalue weighted by Gasteiger charge is 2.40. The number of carbonyl (C=O) groups is 2. The first-order valence-electron chi connectivity index (χ1n) is 6.06. The number of aliphatic carboxylic acids is 1. The molecule has 1 aromatic rings. The van der Waals surface area contributed by atoms with E-state index < -0.39 is 22.9 Å². The average molecular weight is 296 g/mol. The van der Waals surface area contributed by atoms with Gasteiger partial charge in [-0.25, -0.2) is 4.39 Å². The summed E-state index contributed by atoms with van der Waals surface area (Å²) < 4.78 is 13.8. The minimum absolute atomic E-state index is 0.102. The molecule has 1 amide bonds. The second-order valence-corrected chi connectivity index (χ2v) is 5.26. The van der Waals surface area contributed by atoms with Crippen molar-refractivity contribution in [3.05, 3.63) is 30.1 Å². The third kappa shape index (κ3) is 2.82. The second kappa shape index (κ2) is 6.04. The van der Waals surface area contributed by atoms with Crippen molar-refractivity contribution < 1.29 is 19.1 Å². The number of nitrogens with zero attached hydrogens (tertiary/aromatic N) is 2. The first kappa shape index (κ1) is 14.5. The van der Waals surface area contributed by atoms with Crippen molar-refractivity contribution in [1.82, 2.24) is 0 Å². The predicted octanol–water partition coefficient (Wildman–Crippen LogP) is 2.12. The van der Waals surface area contributed by atoms with Crippen LogP contribution in [0, 0.1) is 5.82 Å². The maximum Gasteiger partial charge on any atom is 0.305 e. The standard InChI is InChI=1S/C13H13FN2O3S/c1-2-15-13-16(9-6-4-3-5-8(9)14)12(19)10(20-13)7-11(17)18/h3-6,10H,2,7H2,1H3,(H,17,18). The molecule has 0 aromatic heterocycles. The number of halogens is 1. The molecule has 1 aromatic carbocycles. The van der Waals surface area contributed by atoms with Gasteiger partial charge >= 0.3 is 5.97 Å². The van der Waals surface area contributed by atoms with Crippen molar-refractivity contribution in [2.24, 2.45) is 4.99 Å². The van der Waals surface area contributed by atoms with Crippen LogP contribution in [0.5, 0.6) is 0 Å². The number of carboxylic acids is 1. The number of carbonyl (C=O) groups excluding carboxylic acids is 1. The number of amidine groups is 1. The lowest BCUT2D eigenvalue weighted by atomic mass is 10.2. The highest BCUT2D eigenvalue weighted by atomic mass is 32.2. The van der Waals surface area contributed by atoms with Gasteiger partial charge in [-0.1, -0.05) is 23.9 Å². The summed E-state index contributed by atoms with van der Waals surface area (Å²) in [6, 6.07) is 5.87. The van der Waals surface area contributed by atoms with Crippen LogP contribution in [0.15, 0.2) is 29.3 Å². The van der Waals surface area contributed by atoms with Crippen LogP contribution in [0.1, 0.15) is 13.3 Å². The number of amides is 1. The van der Waals surface area contributed by atoms with Crippen LogP contribution < -0.4 is 4.90 Å². The van der Waals surface area contributed by atoms with Crippen molar-refractivity contribution in [2.45, 2.75) is 18.6 Å². The summed E-state index contributed by atoms with van der Waals surface area (Å²) in [6.45, 7) is 2.22. The molecule has 5 nitrogen and oxygen atoms in total. The molecule has 1 fully saturated rings. The Labute approximate surface area is 119 Å². The van der Waals surface area contributed by atoms with E-state index in [1.807, 2.05) is 0 Å². The number of thioether (sulfide) groups is 1. The smallest absolute Gasteiger partial charge is 0.305 e. The molecular weight excluding hydrogens is 283 g/mol. The molecular formula is C13H13FN2O3S. The summed E-state index contributed by atoms with van der Waals surface area (Å²) in [5.74, 6) is -2.06. The summed E-state index contributed by atoms with van der Waals surface area (Å²) in [6.07, 6.45) is -0.308. The maximum absolute atomic E-state index is 13.8. The van der Waals surface area contributed by atoms with E-state index in [1.165, 1.54) is 18.2 Å². The first-order chi connectivity index (χ1) is 9.54. The minimum atomic E-state index is -1.07. The summed E-state index contributed by atoms with van der Waals surface area (Å²) in [4.78, 5) is 28.4. The third-order valence-electron chi connectivity index (χ3n) is 2.68. The molecule has 106 valence electrons. The van der Waals surface area contributed by atoms with Gasteiger partial charge in [0.05, 0.1) is 12.1 Å². The zero-order valence-electron chi connectivity index (χ0n) is 10.7. The molecule has 1 aliphatic heterocycles. The molecule has 0 radical (unpaired) electrons. The van der Waals surface area contributed by atoms with Crippen LogP contribution in [-0.2, 0) is 9.59 Å². The Balaban J connectivity index is 2.39. The van der Waals surface area contributed by atoms with Gasteiger partial charge in [-0.15, -0.1) is 0 Å². The van der Waals surface area contributed by atoms with Gasteiger partial charge < -0.3 is 5.11 Å². The van der Waals surface area contributed by atoms with Crippen LogP contribution in [0.3, 0.4) is 0 Å². The molecule has 0 aliphatic carbocycles. The lowest BCUT2D eigenvalue weighted by Gasteiger charge is -2.16. The average Bonchev–Trinajstić information content (AvgIpc) is 2.67. The number of rotatable bonds is 4. The summed E-state index contributed by atoms with van der Waals surface area (Å²) in [5.41, 5.74) is 0.102. The SMILES string of the molecule is CCN=C1SC(CC(=O)O)C(=O)N1c1ccccc1F. The van der Waals surface area contributed by atoms with Crippen LogP contribution in [0.25, 0.3) is 0 Å². The van der Waals surface area contributed by atoms with E-state index in [4.69, 9.17) is 5.11 Å². The van der Waals surface area contributed by atoms with E-state index in [1.54, 1.807) is 13.0 Å². The van der Waals surface area contributed by atoms with Crippen LogP contribution in [0.4, 0.5) is 10.1 Å². The monoisotopic (exact) mass is 296 g/mol. The van der Waals surface area contributed by atoms with E-state index in [0.717, 1.165) is 16.7 Å². The topological polar surface area (TPSA) is 70.0 Å². The van der Waals surface area contributed by atoms with Gasteiger partial charge in [-0.05, 0) is 19.1 Å². The fourth-order valence-electron chi connectivity index (χ4n) is 1.85. The molecule has 1 heterocycles. The molecule has 20 heavy (non-hydrogen) atoms. The molecule has 0 saturated carbocycles. The number of para-hydroxylation sites is 1. The fraction of sp³-hybridized carbons (Fsp3) is 0.308. The molecule has 0 spiro atoms. The van der Waals surface area contributed by atoms with Crippen LogP contribution >= 0.6 is 11.8 Å². The zero-order valence-corrected chi connectivity index (χ0v) is 11.6. The van der Waals surface area contributed by atoms with Gasteiger partial charge in [0.1, 0.15) is 11.1 Å². The summed E-state index contributed by atoms with van der Waals surface area (Å²) >= 11 is 1.06. The summed E-state index contributed by atoms with van der Waals surface area (Å²) in [7, 11) is 0. The molecule has 1 N–H and O–H groups in total. The number of carboxylic acid groups (broad SMARTS) is 1. The van der Waals surface area contributed by atoms with E-state index in [9.17, 15) is 14.0 Å². The highest BCUT2D eigenvalue weighted by Crippen LogP contribution is 2.34. The Morgan fingerprint density at radius 3 is 2.80 bits per heavy atom. The fourth-order valence-corrected chi connectivity index (χ4v) is 3.04. The van der Waals surface area contributed by atoms with E-state index in [2.05, 4.69) is 4.99 Å². The molecule has 1 atom stereocenters. The number of anilines is 1. The Morgan fingerprint density at radius 2 is 2.20 bits per heavy atom. The van der Waals surface area contributed by atoms with Crippen LogP contribution in [-0.4, -0.2) is 33.9 Å². The number of hydrogen-bond acceptors (Lipinski definition) is 4. The highest BCUT2D eigenvalue weighted by molar-refractivity contribution is 8.16. The first-order valence-corrected chi connectivity index (χ1v) is 6.94. The van der Waals surface area contributed by atoms with Gasteiger partial charge in [0.25, 0.3) is 0 Å². The largest absolute Gasteiger partial charge is 0.481 e. The Kier molecular flexibility index (Phi) is 4.39. The zero-order chi connectivity index (χ0) is 14.7. The second-order valence-electron chi connectivity index (χ2n) is 4.09. The van der Waals surface area contributed by atoms with Crippen molar-refractivity contribution in [2.75, 3.05) is 11.4 Å². The Morgan fingerprint density at radius 1 is 1.50 bits per heavy atom. The lowest BCUT2D eigenvalue weighted by molar-refractivity contribution is -0.138. The van der Waals surface area contributed by atoms with Crippen molar-refractivity contribution in [1.29, 1.82) is 0 Å². The number of benzene rings is 1. The Bertz CT molecular complexity index is 576. The van der Waals surface area contributed by atoms with Crippen molar-refractivity contribution in [3.63, 3.8) is 0 Å².